The summed E-state index contributed by atoms with van der Waals surface area (Å²) in [6.07, 6.45) is 5.66. The molecule has 29 heavy (non-hydrogen) atoms. The van der Waals surface area contributed by atoms with Gasteiger partial charge < -0.3 is 20.0 Å². The highest BCUT2D eigenvalue weighted by molar-refractivity contribution is 5.87. The van der Waals surface area contributed by atoms with Gasteiger partial charge in [-0.25, -0.2) is 4.39 Å². The summed E-state index contributed by atoms with van der Waals surface area (Å²) in [5, 5.41) is 7.02. The summed E-state index contributed by atoms with van der Waals surface area (Å²) in [7, 11) is 0. The number of fused-ring (bicyclic) bond motifs is 1. The van der Waals surface area contributed by atoms with E-state index in [9.17, 15) is 14.0 Å². The van der Waals surface area contributed by atoms with Gasteiger partial charge in [0.05, 0.1) is 18.7 Å². The Bertz CT molecular complexity index is 866. The van der Waals surface area contributed by atoms with E-state index in [0.717, 1.165) is 49.7 Å². The predicted octanol–water partition coefficient (Wildman–Crippen LogP) is 2.64. The second-order valence-electron chi connectivity index (χ2n) is 7.82. The SMILES string of the molecule is Cl.O=C(NCC1CCCN(C(=O)Cc2coc3cc(F)ccc23)C1)C1CCCN1. The molecule has 0 saturated carbocycles. The van der Waals surface area contributed by atoms with Crippen LogP contribution in [0.5, 0.6) is 0 Å². The lowest BCUT2D eigenvalue weighted by Crippen LogP contribution is -2.47. The smallest absolute Gasteiger partial charge is 0.237 e. The maximum atomic E-state index is 13.3. The maximum Gasteiger partial charge on any atom is 0.237 e. The summed E-state index contributed by atoms with van der Waals surface area (Å²) in [6.45, 7) is 2.90. The molecule has 2 atom stereocenters. The largest absolute Gasteiger partial charge is 0.464 e. The van der Waals surface area contributed by atoms with Crippen LogP contribution >= 0.6 is 12.4 Å². The topological polar surface area (TPSA) is 74.6 Å². The quantitative estimate of drug-likeness (QED) is 0.775. The van der Waals surface area contributed by atoms with Crippen molar-refractivity contribution < 1.29 is 18.4 Å². The molecule has 1 aromatic heterocycles. The molecule has 2 aliphatic rings. The fraction of sp³-hybridized carbons (Fsp3) is 0.524. The Hall–Kier alpha value is -2.12. The highest BCUT2D eigenvalue weighted by atomic mass is 35.5. The second-order valence-corrected chi connectivity index (χ2v) is 7.82. The number of halogens is 2. The van der Waals surface area contributed by atoms with Crippen LogP contribution in [0.25, 0.3) is 11.0 Å². The van der Waals surface area contributed by atoms with Gasteiger partial charge in [-0.1, -0.05) is 0 Å². The van der Waals surface area contributed by atoms with Gasteiger partial charge in [-0.3, -0.25) is 9.59 Å². The molecule has 158 valence electrons. The molecule has 2 unspecified atom stereocenters. The summed E-state index contributed by atoms with van der Waals surface area (Å²) >= 11 is 0. The number of carbonyl (C=O) groups excluding carboxylic acids is 2. The molecule has 2 aromatic rings. The molecule has 2 amide bonds. The molecule has 2 N–H and O–H groups in total. The van der Waals surface area contributed by atoms with Gasteiger partial charge in [-0.2, -0.15) is 0 Å². The van der Waals surface area contributed by atoms with Gasteiger partial charge in [0.1, 0.15) is 11.4 Å². The summed E-state index contributed by atoms with van der Waals surface area (Å²) in [6, 6.07) is 4.30. The summed E-state index contributed by atoms with van der Waals surface area (Å²) < 4.78 is 18.7. The Morgan fingerprint density at radius 1 is 1.28 bits per heavy atom. The molecule has 8 heteroatoms. The van der Waals surface area contributed by atoms with Crippen LogP contribution < -0.4 is 10.6 Å². The van der Waals surface area contributed by atoms with E-state index in [1.807, 2.05) is 4.90 Å². The summed E-state index contributed by atoms with van der Waals surface area (Å²) in [4.78, 5) is 26.8. The van der Waals surface area contributed by atoms with E-state index in [0.29, 0.717) is 18.7 Å². The number of hydrogen-bond donors (Lipinski definition) is 2. The van der Waals surface area contributed by atoms with Crippen molar-refractivity contribution in [3.8, 4) is 0 Å². The monoisotopic (exact) mass is 423 g/mol. The number of piperidine rings is 1. The predicted molar refractivity (Wildman–Crippen MR) is 110 cm³/mol. The molecule has 2 saturated heterocycles. The van der Waals surface area contributed by atoms with E-state index in [1.165, 1.54) is 18.4 Å². The highest BCUT2D eigenvalue weighted by Gasteiger charge is 2.27. The van der Waals surface area contributed by atoms with Crippen molar-refractivity contribution in [3.05, 3.63) is 35.8 Å². The average molecular weight is 424 g/mol. The minimum Gasteiger partial charge on any atom is -0.464 e. The number of rotatable bonds is 5. The molecule has 2 aliphatic heterocycles. The zero-order valence-corrected chi connectivity index (χ0v) is 17.1. The minimum atomic E-state index is -0.353. The lowest BCUT2D eigenvalue weighted by Gasteiger charge is -2.33. The molecular weight excluding hydrogens is 397 g/mol. The van der Waals surface area contributed by atoms with Gasteiger partial charge in [0.15, 0.2) is 0 Å². The lowest BCUT2D eigenvalue weighted by molar-refractivity contribution is -0.132. The Balaban J connectivity index is 0.00000240. The zero-order chi connectivity index (χ0) is 19.5. The van der Waals surface area contributed by atoms with E-state index in [1.54, 1.807) is 6.07 Å². The molecule has 3 heterocycles. The van der Waals surface area contributed by atoms with E-state index >= 15 is 0 Å². The van der Waals surface area contributed by atoms with Gasteiger partial charge in [-0.05, 0) is 50.3 Å². The Labute approximate surface area is 175 Å². The molecule has 0 bridgehead atoms. The van der Waals surface area contributed by atoms with Crippen molar-refractivity contribution >= 4 is 35.2 Å². The number of likely N-dealkylation sites (tertiary alicyclic amines) is 1. The number of furan rings is 1. The third-order valence-electron chi connectivity index (χ3n) is 5.77. The van der Waals surface area contributed by atoms with Crippen molar-refractivity contribution in [3.63, 3.8) is 0 Å². The van der Waals surface area contributed by atoms with E-state index in [-0.39, 0.29) is 48.4 Å². The third kappa shape index (κ3) is 5.08. The molecule has 0 radical (unpaired) electrons. The standard InChI is InChI=1S/C21H26FN3O3.ClH/c22-16-5-6-17-15(13-28-19(17)10-16)9-20(26)25-8-2-3-14(12-25)11-24-21(27)18-4-1-7-23-18;/h5-6,10,13-14,18,23H,1-4,7-9,11-12H2,(H,24,27);1H. The van der Waals surface area contributed by atoms with Crippen LogP contribution in [0.15, 0.2) is 28.9 Å². The Morgan fingerprint density at radius 3 is 2.93 bits per heavy atom. The first-order chi connectivity index (χ1) is 13.6. The first-order valence-electron chi connectivity index (χ1n) is 10.0. The number of carbonyl (C=O) groups is 2. The van der Waals surface area contributed by atoms with E-state index < -0.39 is 0 Å². The zero-order valence-electron chi connectivity index (χ0n) is 16.3. The van der Waals surface area contributed by atoms with E-state index in [2.05, 4.69) is 10.6 Å². The maximum absolute atomic E-state index is 13.3. The van der Waals surface area contributed by atoms with Gasteiger partial charge in [0, 0.05) is 36.7 Å². The van der Waals surface area contributed by atoms with Crippen molar-refractivity contribution in [1.29, 1.82) is 0 Å². The van der Waals surface area contributed by atoms with Crippen molar-refractivity contribution in [2.45, 2.75) is 38.1 Å². The first-order valence-corrected chi connectivity index (χ1v) is 10.0. The van der Waals surface area contributed by atoms with Crippen LogP contribution in [0.2, 0.25) is 0 Å². The fourth-order valence-corrected chi connectivity index (χ4v) is 4.20. The second kappa shape index (κ2) is 9.59. The molecule has 4 rings (SSSR count). The lowest BCUT2D eigenvalue weighted by atomic mass is 9.97. The first kappa shape index (κ1) is 21.6. The number of benzene rings is 1. The molecule has 2 fully saturated rings. The molecule has 0 spiro atoms. The van der Waals surface area contributed by atoms with Gasteiger partial charge in [-0.15, -0.1) is 12.4 Å². The summed E-state index contributed by atoms with van der Waals surface area (Å²) in [5.74, 6) is 0.0326. The minimum absolute atomic E-state index is 0. The van der Waals surface area contributed by atoms with Crippen LogP contribution in [-0.2, 0) is 16.0 Å². The molecule has 1 aromatic carbocycles. The van der Waals surface area contributed by atoms with Crippen molar-refractivity contribution in [2.24, 2.45) is 5.92 Å². The molecule has 0 aliphatic carbocycles. The number of nitrogens with zero attached hydrogens (tertiary/aromatic N) is 1. The van der Waals surface area contributed by atoms with Gasteiger partial charge in [0.25, 0.3) is 0 Å². The van der Waals surface area contributed by atoms with Crippen molar-refractivity contribution in [2.75, 3.05) is 26.2 Å². The van der Waals surface area contributed by atoms with E-state index in [4.69, 9.17) is 4.42 Å². The van der Waals surface area contributed by atoms with Crippen LogP contribution in [0.4, 0.5) is 4.39 Å². The fourth-order valence-electron chi connectivity index (χ4n) is 4.20. The number of nitrogens with one attached hydrogen (secondary N) is 2. The van der Waals surface area contributed by atoms with Crippen LogP contribution in [-0.4, -0.2) is 48.9 Å². The molecular formula is C21H27ClFN3O3. The van der Waals surface area contributed by atoms with Gasteiger partial charge in [0.2, 0.25) is 11.8 Å². The molecule has 6 nitrogen and oxygen atoms in total. The van der Waals surface area contributed by atoms with Crippen LogP contribution in [0, 0.1) is 11.7 Å². The normalized spacial score (nSPS) is 21.8. The van der Waals surface area contributed by atoms with Gasteiger partial charge >= 0.3 is 0 Å². The van der Waals surface area contributed by atoms with Crippen LogP contribution in [0.3, 0.4) is 0 Å². The Morgan fingerprint density at radius 2 is 2.14 bits per heavy atom. The third-order valence-corrected chi connectivity index (χ3v) is 5.77. The van der Waals surface area contributed by atoms with Crippen molar-refractivity contribution in [1.82, 2.24) is 15.5 Å². The summed E-state index contributed by atoms with van der Waals surface area (Å²) in [5.41, 5.74) is 1.24. The average Bonchev–Trinajstić information content (AvgIpc) is 3.37. The Kier molecular flexibility index (Phi) is 7.14. The number of hydrogen-bond acceptors (Lipinski definition) is 4. The highest BCUT2D eigenvalue weighted by Crippen LogP contribution is 2.24. The number of amides is 2. The van der Waals surface area contributed by atoms with Crippen LogP contribution in [0.1, 0.15) is 31.2 Å².